The number of H-pyrrole nitrogens is 1. The van der Waals surface area contributed by atoms with Crippen LogP contribution in [0.25, 0.3) is 28.2 Å². The van der Waals surface area contributed by atoms with Gasteiger partial charge in [-0.25, -0.2) is 13.4 Å². The number of hydrogen-bond donors (Lipinski definition) is 2. The van der Waals surface area contributed by atoms with Crippen molar-refractivity contribution in [2.45, 2.75) is 48.6 Å². The van der Waals surface area contributed by atoms with Crippen LogP contribution in [0.3, 0.4) is 0 Å². The number of anilines is 1. The van der Waals surface area contributed by atoms with Gasteiger partial charge in [0.05, 0.1) is 47.4 Å². The minimum Gasteiger partial charge on any atom is -0.382 e. The third-order valence-electron chi connectivity index (χ3n) is 8.02. The van der Waals surface area contributed by atoms with Gasteiger partial charge in [-0.1, -0.05) is 30.3 Å². The van der Waals surface area contributed by atoms with Crippen molar-refractivity contribution in [3.8, 4) is 22.5 Å². The zero-order valence-corrected chi connectivity index (χ0v) is 22.9. The molecule has 3 N–H and O–H groups in total. The summed E-state index contributed by atoms with van der Waals surface area (Å²) in [6, 6.07) is 9.57. The molecule has 13 nitrogen and oxygen atoms in total. The number of nitrogens with one attached hydrogen (secondary N) is 1. The number of sulfone groups is 1. The molecule has 4 aromatic heterocycles. The highest BCUT2D eigenvalue weighted by Gasteiger charge is 2.46. The van der Waals surface area contributed by atoms with Crippen molar-refractivity contribution in [3.63, 3.8) is 0 Å². The number of nitrogens with zero attached hydrogens (tertiary/aromatic N) is 8. The molecule has 0 spiro atoms. The van der Waals surface area contributed by atoms with Gasteiger partial charge in [-0.3, -0.25) is 14.8 Å². The number of piperidine rings is 1. The minimum absolute atomic E-state index is 0.000986. The summed E-state index contributed by atoms with van der Waals surface area (Å²) in [4.78, 5) is 29.1. The second kappa shape index (κ2) is 9.44. The Balaban J connectivity index is 1.29. The van der Waals surface area contributed by atoms with Gasteiger partial charge in [0.2, 0.25) is 0 Å². The van der Waals surface area contributed by atoms with Gasteiger partial charge in [0.25, 0.3) is 5.91 Å². The normalized spacial score (nSPS) is 20.5. The predicted molar refractivity (Wildman–Crippen MR) is 148 cm³/mol. The molecule has 3 atom stereocenters. The average Bonchev–Trinajstić information content (AvgIpc) is 3.71. The molecule has 2 aliphatic rings. The summed E-state index contributed by atoms with van der Waals surface area (Å²) in [5.74, 6) is -0.396. The van der Waals surface area contributed by atoms with Crippen LogP contribution in [0, 0.1) is 0 Å². The molecular formula is C27H26N10O3S. The summed E-state index contributed by atoms with van der Waals surface area (Å²) >= 11 is 0. The first kappa shape index (κ1) is 25.3. The maximum Gasteiger partial charge on any atom is 0.276 e. The Hall–Kier alpha value is -4.72. The second-order valence-electron chi connectivity index (χ2n) is 10.6. The van der Waals surface area contributed by atoms with Crippen molar-refractivity contribution >= 4 is 27.2 Å². The summed E-state index contributed by atoms with van der Waals surface area (Å²) in [6.45, 7) is 0. The van der Waals surface area contributed by atoms with Gasteiger partial charge in [0.15, 0.2) is 21.2 Å². The van der Waals surface area contributed by atoms with E-state index in [4.69, 9.17) is 10.7 Å². The van der Waals surface area contributed by atoms with Crippen LogP contribution in [0.1, 0.15) is 47.8 Å². The van der Waals surface area contributed by atoms with Gasteiger partial charge in [-0.2, -0.15) is 25.0 Å². The number of rotatable bonds is 5. The van der Waals surface area contributed by atoms with E-state index in [1.54, 1.807) is 18.6 Å². The molecule has 6 heterocycles. The Bertz CT molecular complexity index is 1860. The number of benzene rings is 1. The first-order valence-electron chi connectivity index (χ1n) is 13.2. The topological polar surface area (TPSA) is 178 Å². The average molecular weight is 571 g/mol. The lowest BCUT2D eigenvalue weighted by Crippen LogP contribution is -2.46. The molecular weight excluding hydrogens is 544 g/mol. The molecule has 14 heteroatoms. The number of aromatic amines is 1. The van der Waals surface area contributed by atoms with E-state index in [0.29, 0.717) is 35.4 Å². The first-order chi connectivity index (χ1) is 19.8. The highest BCUT2D eigenvalue weighted by molar-refractivity contribution is 7.91. The van der Waals surface area contributed by atoms with Crippen LogP contribution in [-0.4, -0.2) is 77.5 Å². The fraction of sp³-hybridized carbons (Fsp3) is 0.296. The summed E-state index contributed by atoms with van der Waals surface area (Å²) in [6.07, 6.45) is 10.2. The zero-order chi connectivity index (χ0) is 28.3. The monoisotopic (exact) mass is 570 g/mol. The number of nitrogen functional groups attached to an aromatic ring is 1. The van der Waals surface area contributed by atoms with E-state index < -0.39 is 9.84 Å². The number of hydrogen-bond acceptors (Lipinski definition) is 10. The number of amides is 1. The molecule has 7 rings (SSSR count). The SMILES string of the molecule is CS(=O)(=O)c1c([C@@H]2C[C@H]3CC[C@@H](C2)N3C(=O)c2cn[nH]n2)nc2c(-c3cnc(-c4ccccc4)cn3)cnn2c1N. The molecule has 41 heavy (non-hydrogen) atoms. The third kappa shape index (κ3) is 4.22. The molecule has 208 valence electrons. The Morgan fingerprint density at radius 1 is 1.00 bits per heavy atom. The van der Waals surface area contributed by atoms with Crippen LogP contribution in [0.5, 0.6) is 0 Å². The van der Waals surface area contributed by atoms with Gasteiger partial charge >= 0.3 is 0 Å². The van der Waals surface area contributed by atoms with E-state index in [-0.39, 0.29) is 40.3 Å². The van der Waals surface area contributed by atoms with Crippen LogP contribution in [0.2, 0.25) is 0 Å². The van der Waals surface area contributed by atoms with Crippen molar-refractivity contribution in [1.82, 2.24) is 44.9 Å². The molecule has 0 aliphatic carbocycles. The molecule has 5 aromatic rings. The number of fused-ring (bicyclic) bond motifs is 3. The molecule has 0 unspecified atom stereocenters. The van der Waals surface area contributed by atoms with Gasteiger partial charge in [-0.05, 0) is 25.7 Å². The van der Waals surface area contributed by atoms with E-state index in [9.17, 15) is 13.2 Å². The minimum atomic E-state index is -3.76. The maximum absolute atomic E-state index is 13.1. The van der Waals surface area contributed by atoms with Crippen molar-refractivity contribution in [2.75, 3.05) is 12.0 Å². The van der Waals surface area contributed by atoms with E-state index in [1.165, 1.54) is 10.7 Å². The predicted octanol–water partition coefficient (Wildman–Crippen LogP) is 2.51. The molecule has 2 fully saturated rings. The molecule has 2 saturated heterocycles. The lowest BCUT2D eigenvalue weighted by Gasteiger charge is -2.38. The fourth-order valence-corrected chi connectivity index (χ4v) is 7.31. The van der Waals surface area contributed by atoms with Crippen LogP contribution in [0.4, 0.5) is 5.82 Å². The fourth-order valence-electron chi connectivity index (χ4n) is 6.25. The summed E-state index contributed by atoms with van der Waals surface area (Å²) in [5, 5.41) is 14.6. The van der Waals surface area contributed by atoms with E-state index >= 15 is 0 Å². The molecule has 1 amide bonds. The Labute approximate surface area is 234 Å². The quantitative estimate of drug-likeness (QED) is 0.319. The highest BCUT2D eigenvalue weighted by Crippen LogP contribution is 2.45. The highest BCUT2D eigenvalue weighted by atomic mass is 32.2. The second-order valence-corrected chi connectivity index (χ2v) is 12.5. The lowest BCUT2D eigenvalue weighted by molar-refractivity contribution is 0.0562. The van der Waals surface area contributed by atoms with Gasteiger partial charge in [-0.15, -0.1) is 0 Å². The lowest BCUT2D eigenvalue weighted by atomic mass is 9.87. The summed E-state index contributed by atoms with van der Waals surface area (Å²) in [7, 11) is -3.76. The Morgan fingerprint density at radius 3 is 2.34 bits per heavy atom. The Kier molecular flexibility index (Phi) is 5.81. The van der Waals surface area contributed by atoms with E-state index in [2.05, 4.69) is 30.5 Å². The largest absolute Gasteiger partial charge is 0.382 e. The van der Waals surface area contributed by atoms with Crippen LogP contribution >= 0.6 is 0 Å². The number of aromatic nitrogens is 8. The van der Waals surface area contributed by atoms with Crippen molar-refractivity contribution < 1.29 is 13.2 Å². The molecule has 2 bridgehead atoms. The third-order valence-corrected chi connectivity index (χ3v) is 9.18. The van der Waals surface area contributed by atoms with Crippen molar-refractivity contribution in [1.29, 1.82) is 0 Å². The zero-order valence-electron chi connectivity index (χ0n) is 22.0. The van der Waals surface area contributed by atoms with Crippen LogP contribution < -0.4 is 5.73 Å². The van der Waals surface area contributed by atoms with E-state index in [1.807, 2.05) is 35.2 Å². The number of carbonyl (C=O) groups excluding carboxylic acids is 1. The molecule has 0 radical (unpaired) electrons. The summed E-state index contributed by atoms with van der Waals surface area (Å²) < 4.78 is 27.4. The van der Waals surface area contributed by atoms with Crippen molar-refractivity contribution in [2.24, 2.45) is 0 Å². The van der Waals surface area contributed by atoms with Crippen LogP contribution in [0.15, 0.2) is 60.0 Å². The van der Waals surface area contributed by atoms with E-state index in [0.717, 1.165) is 30.4 Å². The first-order valence-corrected chi connectivity index (χ1v) is 15.1. The molecule has 0 saturated carbocycles. The van der Waals surface area contributed by atoms with Gasteiger partial charge in [0.1, 0.15) is 10.7 Å². The standard InChI is InChI=1S/C27H26N10O3S/c1-41(39,40)24-23(16-9-17-7-8-18(10-16)36(17)27(38)22-14-31-35-34-22)33-26-19(11-32-37(26)25(24)28)21-13-29-20(12-30-21)15-5-3-2-4-6-15/h2-6,11-14,16-18H,7-10,28H2,1H3,(H,31,34,35)/t16-,17-,18+. The van der Waals surface area contributed by atoms with Crippen LogP contribution in [-0.2, 0) is 9.84 Å². The Morgan fingerprint density at radius 2 is 1.71 bits per heavy atom. The maximum atomic E-state index is 13.1. The number of carbonyl (C=O) groups is 1. The van der Waals surface area contributed by atoms with Gasteiger partial charge < -0.3 is 10.6 Å². The van der Waals surface area contributed by atoms with Gasteiger partial charge in [0, 0.05) is 29.8 Å². The van der Waals surface area contributed by atoms with Crippen molar-refractivity contribution in [3.05, 3.63) is 66.5 Å². The molecule has 2 aliphatic heterocycles. The summed E-state index contributed by atoms with van der Waals surface area (Å²) in [5.41, 5.74) is 10.4. The number of nitrogens with two attached hydrogens (primary N) is 1. The smallest absolute Gasteiger partial charge is 0.276 e. The molecule has 1 aromatic carbocycles.